The van der Waals surface area contributed by atoms with Crippen LogP contribution in [-0.4, -0.2) is 42.4 Å². The second-order valence-corrected chi connectivity index (χ2v) is 7.70. The molecule has 1 unspecified atom stereocenters. The van der Waals surface area contributed by atoms with Crippen molar-refractivity contribution < 1.29 is 29.0 Å². The Kier molecular flexibility index (Phi) is 8.54. The number of carboxylic acid groups (broad SMARTS) is 1. The molecular weight excluding hydrogens is 408 g/mol. The van der Waals surface area contributed by atoms with Crippen molar-refractivity contribution >= 4 is 40.9 Å². The average Bonchev–Trinajstić information content (AvgIpc) is 2.72. The van der Waals surface area contributed by atoms with E-state index in [1.54, 1.807) is 50.4 Å². The number of carboxylic acids is 1. The predicted octanol–water partition coefficient (Wildman–Crippen LogP) is 3.63. The third-order valence-electron chi connectivity index (χ3n) is 4.03. The molecule has 30 heavy (non-hydrogen) atoms. The largest absolute Gasteiger partial charge is 0.497 e. The summed E-state index contributed by atoms with van der Waals surface area (Å²) in [5.41, 5.74) is 1.08. The van der Waals surface area contributed by atoms with Gasteiger partial charge in [-0.1, -0.05) is 6.07 Å². The number of methoxy groups -OCH3 is 2. The number of aliphatic carboxylic acids is 1. The van der Waals surface area contributed by atoms with Crippen LogP contribution >= 0.6 is 11.8 Å². The second kappa shape index (κ2) is 11.1. The summed E-state index contributed by atoms with van der Waals surface area (Å²) in [6.45, 7) is 1.77. The van der Waals surface area contributed by atoms with E-state index in [4.69, 9.17) is 14.6 Å². The van der Waals surface area contributed by atoms with E-state index in [2.05, 4.69) is 10.6 Å². The minimum atomic E-state index is -1.03. The van der Waals surface area contributed by atoms with Gasteiger partial charge < -0.3 is 25.2 Å². The quantitative estimate of drug-likeness (QED) is 0.491. The lowest BCUT2D eigenvalue weighted by Crippen LogP contribution is -2.22. The number of benzene rings is 2. The molecule has 0 aliphatic rings. The number of carbonyl (C=O) groups excluding carboxylic acids is 2. The summed E-state index contributed by atoms with van der Waals surface area (Å²) in [6, 6.07) is 12.1. The molecule has 0 saturated carbocycles. The average molecular weight is 432 g/mol. The standard InChI is InChI=1S/C21H24N2O6S/c1-13(21(27)23-17-8-7-15(28-2)12-18(17)29-3)30-16-6-4-5-14(11-16)22-19(24)9-10-20(25)26/h4-8,11-13H,9-10H2,1-3H3,(H,22,24)(H,23,27)(H,25,26). The zero-order chi connectivity index (χ0) is 22.1. The minimum absolute atomic E-state index is 0.102. The summed E-state index contributed by atoms with van der Waals surface area (Å²) in [4.78, 5) is 35.8. The zero-order valence-corrected chi connectivity index (χ0v) is 17.7. The van der Waals surface area contributed by atoms with Crippen molar-refractivity contribution in [2.45, 2.75) is 29.9 Å². The molecule has 2 amide bonds. The van der Waals surface area contributed by atoms with Crippen molar-refractivity contribution in [1.82, 2.24) is 0 Å². The summed E-state index contributed by atoms with van der Waals surface area (Å²) >= 11 is 1.33. The summed E-state index contributed by atoms with van der Waals surface area (Å²) in [7, 11) is 3.06. The van der Waals surface area contributed by atoms with Crippen LogP contribution in [-0.2, 0) is 14.4 Å². The number of amides is 2. The van der Waals surface area contributed by atoms with Gasteiger partial charge in [-0.05, 0) is 37.3 Å². The van der Waals surface area contributed by atoms with Crippen LogP contribution < -0.4 is 20.1 Å². The first-order valence-corrected chi connectivity index (χ1v) is 10.0. The Bertz CT molecular complexity index is 918. The van der Waals surface area contributed by atoms with Gasteiger partial charge in [0.1, 0.15) is 11.5 Å². The van der Waals surface area contributed by atoms with Crippen LogP contribution in [0.4, 0.5) is 11.4 Å². The number of hydrogen-bond donors (Lipinski definition) is 3. The monoisotopic (exact) mass is 432 g/mol. The zero-order valence-electron chi connectivity index (χ0n) is 16.9. The number of nitrogens with one attached hydrogen (secondary N) is 2. The van der Waals surface area contributed by atoms with Gasteiger partial charge in [0.25, 0.3) is 0 Å². The summed E-state index contributed by atoms with van der Waals surface area (Å²) in [5, 5.41) is 13.7. The van der Waals surface area contributed by atoms with Crippen molar-refractivity contribution in [3.05, 3.63) is 42.5 Å². The van der Waals surface area contributed by atoms with E-state index in [0.717, 1.165) is 4.90 Å². The highest BCUT2D eigenvalue weighted by atomic mass is 32.2. The highest BCUT2D eigenvalue weighted by Gasteiger charge is 2.17. The van der Waals surface area contributed by atoms with Gasteiger partial charge in [-0.3, -0.25) is 14.4 Å². The van der Waals surface area contributed by atoms with E-state index in [9.17, 15) is 14.4 Å². The lowest BCUT2D eigenvalue weighted by molar-refractivity contribution is -0.138. The minimum Gasteiger partial charge on any atom is -0.497 e. The molecule has 0 heterocycles. The molecule has 0 saturated heterocycles. The molecule has 0 fully saturated rings. The fourth-order valence-electron chi connectivity index (χ4n) is 2.48. The topological polar surface area (TPSA) is 114 Å². The lowest BCUT2D eigenvalue weighted by Gasteiger charge is -2.15. The Morgan fingerprint density at radius 3 is 2.47 bits per heavy atom. The van der Waals surface area contributed by atoms with E-state index in [1.807, 2.05) is 6.07 Å². The van der Waals surface area contributed by atoms with Gasteiger partial charge in [-0.25, -0.2) is 0 Å². The number of ether oxygens (including phenoxy) is 2. The first-order valence-electron chi connectivity index (χ1n) is 9.13. The Hall–Kier alpha value is -3.20. The number of thioether (sulfide) groups is 1. The molecule has 0 bridgehead atoms. The Labute approximate surface area is 179 Å². The van der Waals surface area contributed by atoms with E-state index < -0.39 is 11.2 Å². The fourth-order valence-corrected chi connectivity index (χ4v) is 3.41. The van der Waals surface area contributed by atoms with Crippen LogP contribution in [0, 0.1) is 0 Å². The Morgan fingerprint density at radius 1 is 1.03 bits per heavy atom. The molecular formula is C21H24N2O6S. The third kappa shape index (κ3) is 7.00. The number of anilines is 2. The van der Waals surface area contributed by atoms with Crippen molar-refractivity contribution in [1.29, 1.82) is 0 Å². The van der Waals surface area contributed by atoms with E-state index in [-0.39, 0.29) is 24.7 Å². The van der Waals surface area contributed by atoms with Gasteiger partial charge >= 0.3 is 5.97 Å². The van der Waals surface area contributed by atoms with Gasteiger partial charge in [0.05, 0.1) is 31.6 Å². The molecule has 0 radical (unpaired) electrons. The van der Waals surface area contributed by atoms with Crippen molar-refractivity contribution in [2.75, 3.05) is 24.9 Å². The smallest absolute Gasteiger partial charge is 0.303 e. The molecule has 1 atom stereocenters. The van der Waals surface area contributed by atoms with Gasteiger partial charge in [0.2, 0.25) is 11.8 Å². The van der Waals surface area contributed by atoms with Crippen LogP contribution in [0.1, 0.15) is 19.8 Å². The van der Waals surface area contributed by atoms with Gasteiger partial charge in [0, 0.05) is 23.1 Å². The number of hydrogen-bond acceptors (Lipinski definition) is 6. The molecule has 0 aliphatic carbocycles. The number of rotatable bonds is 10. The van der Waals surface area contributed by atoms with Crippen molar-refractivity contribution in [2.24, 2.45) is 0 Å². The first-order chi connectivity index (χ1) is 14.3. The van der Waals surface area contributed by atoms with Crippen molar-refractivity contribution in [3.8, 4) is 11.5 Å². The molecule has 2 rings (SSSR count). The fraction of sp³-hybridized carbons (Fsp3) is 0.286. The van der Waals surface area contributed by atoms with Gasteiger partial charge in [-0.2, -0.15) is 0 Å². The van der Waals surface area contributed by atoms with Gasteiger partial charge in [-0.15, -0.1) is 11.8 Å². The molecule has 2 aromatic carbocycles. The highest BCUT2D eigenvalue weighted by molar-refractivity contribution is 8.00. The van der Waals surface area contributed by atoms with Crippen LogP contribution in [0.5, 0.6) is 11.5 Å². The molecule has 3 N–H and O–H groups in total. The number of carbonyl (C=O) groups is 3. The van der Waals surface area contributed by atoms with Crippen molar-refractivity contribution in [3.63, 3.8) is 0 Å². The second-order valence-electron chi connectivity index (χ2n) is 6.29. The van der Waals surface area contributed by atoms with E-state index in [1.165, 1.54) is 18.9 Å². The first kappa shape index (κ1) is 23.1. The molecule has 160 valence electrons. The SMILES string of the molecule is COc1ccc(NC(=O)C(C)Sc2cccc(NC(=O)CCC(=O)O)c2)c(OC)c1. The lowest BCUT2D eigenvalue weighted by atomic mass is 10.2. The molecule has 8 nitrogen and oxygen atoms in total. The van der Waals surface area contributed by atoms with Crippen LogP contribution in [0.15, 0.2) is 47.4 Å². The molecule has 0 aliphatic heterocycles. The summed E-state index contributed by atoms with van der Waals surface area (Å²) in [5.74, 6) is -0.500. The molecule has 0 spiro atoms. The molecule has 0 aromatic heterocycles. The van der Waals surface area contributed by atoms with E-state index >= 15 is 0 Å². The summed E-state index contributed by atoms with van der Waals surface area (Å²) < 4.78 is 10.4. The highest BCUT2D eigenvalue weighted by Crippen LogP contribution is 2.31. The molecule has 2 aromatic rings. The Morgan fingerprint density at radius 2 is 1.80 bits per heavy atom. The van der Waals surface area contributed by atoms with Gasteiger partial charge in [0.15, 0.2) is 0 Å². The predicted molar refractivity (Wildman–Crippen MR) is 115 cm³/mol. The maximum absolute atomic E-state index is 12.6. The van der Waals surface area contributed by atoms with Crippen LogP contribution in [0.25, 0.3) is 0 Å². The van der Waals surface area contributed by atoms with E-state index in [0.29, 0.717) is 22.9 Å². The normalized spacial score (nSPS) is 11.3. The maximum atomic E-state index is 12.6. The Balaban J connectivity index is 1.98. The maximum Gasteiger partial charge on any atom is 0.303 e. The van der Waals surface area contributed by atoms with Crippen LogP contribution in [0.2, 0.25) is 0 Å². The molecule has 9 heteroatoms. The third-order valence-corrected chi connectivity index (χ3v) is 5.13. The van der Waals surface area contributed by atoms with Crippen LogP contribution in [0.3, 0.4) is 0 Å². The summed E-state index contributed by atoms with van der Waals surface area (Å²) in [6.07, 6.45) is -0.332.